The summed E-state index contributed by atoms with van der Waals surface area (Å²) in [5.41, 5.74) is 0. The summed E-state index contributed by atoms with van der Waals surface area (Å²) in [5, 5.41) is 8.79. The predicted molar refractivity (Wildman–Crippen MR) is 64.4 cm³/mol. The molecule has 5 heteroatoms. The third-order valence-corrected chi connectivity index (χ3v) is 2.50. The zero-order valence-electron chi connectivity index (χ0n) is 10.9. The number of aliphatic hydroxyl groups is 1. The SMILES string of the molecule is CCCC(=O)N(CCCO)CC(C)C(=O)OC. The standard InChI is InChI=1S/C12H23NO4/c1-4-6-11(15)13(7-5-8-14)9-10(2)12(16)17-3/h10,14H,4-9H2,1-3H3. The number of hydrogen-bond donors (Lipinski definition) is 1. The summed E-state index contributed by atoms with van der Waals surface area (Å²) >= 11 is 0. The van der Waals surface area contributed by atoms with Crippen molar-refractivity contribution in [3.05, 3.63) is 0 Å². The molecule has 0 aromatic carbocycles. The number of esters is 1. The van der Waals surface area contributed by atoms with Crippen LogP contribution < -0.4 is 0 Å². The van der Waals surface area contributed by atoms with E-state index in [4.69, 9.17) is 5.11 Å². The van der Waals surface area contributed by atoms with Gasteiger partial charge in [-0.3, -0.25) is 9.59 Å². The average molecular weight is 245 g/mol. The van der Waals surface area contributed by atoms with Crippen LogP contribution in [0.25, 0.3) is 0 Å². The second-order valence-corrected chi connectivity index (χ2v) is 4.09. The fourth-order valence-corrected chi connectivity index (χ4v) is 1.56. The van der Waals surface area contributed by atoms with Gasteiger partial charge >= 0.3 is 5.97 Å². The first-order valence-electron chi connectivity index (χ1n) is 6.03. The Hall–Kier alpha value is -1.10. The zero-order chi connectivity index (χ0) is 13.3. The van der Waals surface area contributed by atoms with Crippen LogP contribution in [0.5, 0.6) is 0 Å². The summed E-state index contributed by atoms with van der Waals surface area (Å²) in [7, 11) is 1.34. The highest BCUT2D eigenvalue weighted by Crippen LogP contribution is 2.06. The van der Waals surface area contributed by atoms with Gasteiger partial charge in [-0.1, -0.05) is 13.8 Å². The maximum absolute atomic E-state index is 11.8. The Morgan fingerprint density at radius 1 is 1.41 bits per heavy atom. The van der Waals surface area contributed by atoms with Gasteiger partial charge < -0.3 is 14.7 Å². The first kappa shape index (κ1) is 15.9. The van der Waals surface area contributed by atoms with Crippen LogP contribution in [0, 0.1) is 5.92 Å². The molecular weight excluding hydrogens is 222 g/mol. The number of ether oxygens (including phenoxy) is 1. The highest BCUT2D eigenvalue weighted by atomic mass is 16.5. The minimum absolute atomic E-state index is 0.0247. The summed E-state index contributed by atoms with van der Waals surface area (Å²) in [6, 6.07) is 0. The van der Waals surface area contributed by atoms with Crippen LogP contribution in [-0.2, 0) is 14.3 Å². The van der Waals surface area contributed by atoms with Gasteiger partial charge in [0.05, 0.1) is 13.0 Å². The Morgan fingerprint density at radius 3 is 2.53 bits per heavy atom. The van der Waals surface area contributed by atoms with Crippen LogP contribution in [0.3, 0.4) is 0 Å². The van der Waals surface area contributed by atoms with Gasteiger partial charge in [0.1, 0.15) is 0 Å². The van der Waals surface area contributed by atoms with E-state index >= 15 is 0 Å². The first-order chi connectivity index (χ1) is 8.06. The Labute approximate surface area is 103 Å². The summed E-state index contributed by atoms with van der Waals surface area (Å²) in [6.45, 7) is 4.55. The molecule has 5 nitrogen and oxygen atoms in total. The van der Waals surface area contributed by atoms with E-state index in [9.17, 15) is 9.59 Å². The molecule has 0 aromatic heterocycles. The van der Waals surface area contributed by atoms with Crippen LogP contribution in [0.4, 0.5) is 0 Å². The molecule has 17 heavy (non-hydrogen) atoms. The van der Waals surface area contributed by atoms with Crippen molar-refractivity contribution in [1.82, 2.24) is 4.90 Å². The number of nitrogens with zero attached hydrogens (tertiary/aromatic N) is 1. The lowest BCUT2D eigenvalue weighted by Crippen LogP contribution is -2.38. The molecule has 1 atom stereocenters. The molecule has 0 saturated heterocycles. The Bertz CT molecular complexity index is 243. The molecule has 0 heterocycles. The number of carbonyl (C=O) groups excluding carboxylic acids is 2. The third kappa shape index (κ3) is 6.26. The fraction of sp³-hybridized carbons (Fsp3) is 0.833. The molecular formula is C12H23NO4. The van der Waals surface area contributed by atoms with E-state index in [2.05, 4.69) is 4.74 Å². The molecule has 0 aliphatic carbocycles. The van der Waals surface area contributed by atoms with Crippen LogP contribution >= 0.6 is 0 Å². The van der Waals surface area contributed by atoms with E-state index in [1.807, 2.05) is 6.92 Å². The minimum Gasteiger partial charge on any atom is -0.469 e. The summed E-state index contributed by atoms with van der Waals surface area (Å²) in [5.74, 6) is -0.625. The second kappa shape index (κ2) is 8.98. The smallest absolute Gasteiger partial charge is 0.310 e. The highest BCUT2D eigenvalue weighted by molar-refractivity contribution is 5.77. The topological polar surface area (TPSA) is 66.8 Å². The van der Waals surface area contributed by atoms with Crippen molar-refractivity contribution in [1.29, 1.82) is 0 Å². The summed E-state index contributed by atoms with van der Waals surface area (Å²) in [4.78, 5) is 24.7. The molecule has 0 aliphatic rings. The predicted octanol–water partition coefficient (Wildman–Crippen LogP) is 0.807. The third-order valence-electron chi connectivity index (χ3n) is 2.50. The van der Waals surface area contributed by atoms with Crippen molar-refractivity contribution in [3.8, 4) is 0 Å². The molecule has 100 valence electrons. The molecule has 0 fully saturated rings. The van der Waals surface area contributed by atoms with Crippen molar-refractivity contribution >= 4 is 11.9 Å². The van der Waals surface area contributed by atoms with Gasteiger partial charge in [-0.05, 0) is 12.8 Å². The molecule has 0 radical (unpaired) electrons. The Morgan fingerprint density at radius 2 is 2.06 bits per heavy atom. The number of carbonyl (C=O) groups is 2. The molecule has 0 saturated carbocycles. The lowest BCUT2D eigenvalue weighted by molar-refractivity contribution is -0.146. The lowest BCUT2D eigenvalue weighted by atomic mass is 10.1. The molecule has 0 aromatic rings. The molecule has 1 unspecified atom stereocenters. The van der Waals surface area contributed by atoms with Gasteiger partial charge in [0.15, 0.2) is 0 Å². The van der Waals surface area contributed by atoms with Crippen molar-refractivity contribution in [2.45, 2.75) is 33.1 Å². The van der Waals surface area contributed by atoms with Crippen molar-refractivity contribution in [3.63, 3.8) is 0 Å². The zero-order valence-corrected chi connectivity index (χ0v) is 10.9. The van der Waals surface area contributed by atoms with Crippen molar-refractivity contribution in [2.75, 3.05) is 26.8 Å². The molecule has 0 bridgehead atoms. The fourth-order valence-electron chi connectivity index (χ4n) is 1.56. The van der Waals surface area contributed by atoms with Crippen LogP contribution in [0.2, 0.25) is 0 Å². The van der Waals surface area contributed by atoms with E-state index in [1.54, 1.807) is 11.8 Å². The maximum atomic E-state index is 11.8. The molecule has 1 N–H and O–H groups in total. The quantitative estimate of drug-likeness (QED) is 0.642. The summed E-state index contributed by atoms with van der Waals surface area (Å²) in [6.07, 6.45) is 1.78. The molecule has 1 amide bonds. The van der Waals surface area contributed by atoms with Crippen LogP contribution in [-0.4, -0.2) is 48.7 Å². The van der Waals surface area contributed by atoms with Gasteiger partial charge in [0.25, 0.3) is 0 Å². The molecule has 0 aliphatic heterocycles. The van der Waals surface area contributed by atoms with E-state index in [1.165, 1.54) is 7.11 Å². The van der Waals surface area contributed by atoms with Gasteiger partial charge in [0.2, 0.25) is 5.91 Å². The Kier molecular flexibility index (Phi) is 8.40. The lowest BCUT2D eigenvalue weighted by Gasteiger charge is -2.24. The van der Waals surface area contributed by atoms with Gasteiger partial charge in [-0.15, -0.1) is 0 Å². The van der Waals surface area contributed by atoms with E-state index in [-0.39, 0.29) is 24.4 Å². The second-order valence-electron chi connectivity index (χ2n) is 4.09. The van der Waals surface area contributed by atoms with Gasteiger partial charge in [-0.2, -0.15) is 0 Å². The van der Waals surface area contributed by atoms with Crippen LogP contribution in [0.15, 0.2) is 0 Å². The van der Waals surface area contributed by atoms with Crippen molar-refractivity contribution < 1.29 is 19.4 Å². The van der Waals surface area contributed by atoms with Crippen molar-refractivity contribution in [2.24, 2.45) is 5.92 Å². The van der Waals surface area contributed by atoms with E-state index < -0.39 is 0 Å². The average Bonchev–Trinajstić information content (AvgIpc) is 2.33. The number of amides is 1. The first-order valence-corrected chi connectivity index (χ1v) is 6.03. The largest absolute Gasteiger partial charge is 0.469 e. The monoisotopic (exact) mass is 245 g/mol. The van der Waals surface area contributed by atoms with Gasteiger partial charge in [-0.25, -0.2) is 0 Å². The van der Waals surface area contributed by atoms with Crippen LogP contribution in [0.1, 0.15) is 33.1 Å². The number of aliphatic hydroxyl groups excluding tert-OH is 1. The molecule has 0 rings (SSSR count). The molecule has 0 spiro atoms. The normalized spacial score (nSPS) is 12.0. The minimum atomic E-state index is -0.334. The van der Waals surface area contributed by atoms with E-state index in [0.29, 0.717) is 25.9 Å². The number of methoxy groups -OCH3 is 1. The van der Waals surface area contributed by atoms with E-state index in [0.717, 1.165) is 6.42 Å². The van der Waals surface area contributed by atoms with Gasteiger partial charge in [0, 0.05) is 26.1 Å². The maximum Gasteiger partial charge on any atom is 0.310 e. The number of hydrogen-bond acceptors (Lipinski definition) is 4. The Balaban J connectivity index is 4.36. The number of rotatable bonds is 8. The summed E-state index contributed by atoms with van der Waals surface area (Å²) < 4.78 is 4.63. The highest BCUT2D eigenvalue weighted by Gasteiger charge is 2.20.